The highest BCUT2D eigenvalue weighted by molar-refractivity contribution is 5.64. The van der Waals surface area contributed by atoms with Crippen LogP contribution < -0.4 is 10.2 Å². The van der Waals surface area contributed by atoms with Crippen molar-refractivity contribution in [2.24, 2.45) is 0 Å². The van der Waals surface area contributed by atoms with Crippen molar-refractivity contribution in [1.29, 1.82) is 5.26 Å². The molecule has 1 fully saturated rings. The molecule has 142 valence electrons. The fraction of sp³-hybridized carbons (Fsp3) is 0.286. The Morgan fingerprint density at radius 2 is 1.86 bits per heavy atom. The lowest BCUT2D eigenvalue weighted by molar-refractivity contribution is 0.313. The van der Waals surface area contributed by atoms with E-state index in [1.54, 1.807) is 23.1 Å². The first-order valence-electron chi connectivity index (χ1n) is 9.35. The van der Waals surface area contributed by atoms with E-state index in [-0.39, 0.29) is 0 Å². The largest absolute Gasteiger partial charge is 0.369 e. The molecule has 1 aromatic heterocycles. The summed E-state index contributed by atoms with van der Waals surface area (Å²) in [6, 6.07) is 15.9. The Labute approximate surface area is 164 Å². The summed E-state index contributed by atoms with van der Waals surface area (Å²) in [5, 5.41) is 16.9. The number of hydrogen-bond donors (Lipinski definition) is 1. The topological polar surface area (TPSA) is 73.0 Å². The minimum atomic E-state index is 0.525. The molecule has 0 spiro atoms. The first-order valence-corrected chi connectivity index (χ1v) is 9.35. The van der Waals surface area contributed by atoms with Crippen LogP contribution in [0.4, 0.5) is 17.3 Å². The van der Waals surface area contributed by atoms with Crippen LogP contribution in [0.15, 0.2) is 48.8 Å². The Balaban J connectivity index is 1.53. The second-order valence-electron chi connectivity index (χ2n) is 7.15. The molecule has 28 heavy (non-hydrogen) atoms. The maximum Gasteiger partial charge on any atom is 0.246 e. The lowest BCUT2D eigenvalue weighted by atomic mass is 10.1. The molecule has 0 aliphatic carbocycles. The fourth-order valence-corrected chi connectivity index (χ4v) is 3.37. The van der Waals surface area contributed by atoms with Gasteiger partial charge in [0.15, 0.2) is 0 Å². The van der Waals surface area contributed by atoms with E-state index in [1.165, 1.54) is 11.3 Å². The van der Waals surface area contributed by atoms with Gasteiger partial charge in [0, 0.05) is 37.6 Å². The highest BCUT2D eigenvalue weighted by Gasteiger charge is 2.15. The number of anilines is 3. The van der Waals surface area contributed by atoms with Gasteiger partial charge in [0.05, 0.1) is 17.3 Å². The summed E-state index contributed by atoms with van der Waals surface area (Å²) in [5.74, 6) is 0.525. The van der Waals surface area contributed by atoms with Gasteiger partial charge in [-0.1, -0.05) is 6.07 Å². The van der Waals surface area contributed by atoms with Gasteiger partial charge in [-0.25, -0.2) is 4.68 Å². The molecule has 1 aliphatic heterocycles. The molecule has 7 nitrogen and oxygen atoms in total. The molecule has 0 atom stereocenters. The molecule has 3 aromatic rings. The smallest absolute Gasteiger partial charge is 0.246 e. The Morgan fingerprint density at radius 3 is 2.64 bits per heavy atom. The molecule has 0 amide bonds. The van der Waals surface area contributed by atoms with Gasteiger partial charge in [0.25, 0.3) is 0 Å². The van der Waals surface area contributed by atoms with Crippen LogP contribution in [0.2, 0.25) is 0 Å². The predicted molar refractivity (Wildman–Crippen MR) is 110 cm³/mol. The minimum absolute atomic E-state index is 0.525. The average Bonchev–Trinajstić information content (AvgIpc) is 3.16. The molecule has 4 rings (SSSR count). The third kappa shape index (κ3) is 3.97. The summed E-state index contributed by atoms with van der Waals surface area (Å²) in [6.45, 7) is 6.31. The van der Waals surface area contributed by atoms with E-state index in [2.05, 4.69) is 63.4 Å². The number of rotatable bonds is 4. The second-order valence-corrected chi connectivity index (χ2v) is 7.15. The van der Waals surface area contributed by atoms with Gasteiger partial charge in [-0.15, -0.1) is 5.10 Å². The van der Waals surface area contributed by atoms with Crippen LogP contribution >= 0.6 is 0 Å². The van der Waals surface area contributed by atoms with Crippen molar-refractivity contribution in [3.63, 3.8) is 0 Å². The van der Waals surface area contributed by atoms with Crippen LogP contribution in [0.1, 0.15) is 11.1 Å². The summed E-state index contributed by atoms with van der Waals surface area (Å²) >= 11 is 0. The van der Waals surface area contributed by atoms with E-state index in [0.717, 1.165) is 37.6 Å². The number of likely N-dealkylation sites (N-methyl/N-ethyl adjacent to an activating group) is 1. The van der Waals surface area contributed by atoms with Crippen molar-refractivity contribution in [3.8, 4) is 11.8 Å². The molecular formula is C21H23N7. The quantitative estimate of drug-likeness (QED) is 0.758. The minimum Gasteiger partial charge on any atom is -0.369 e. The zero-order chi connectivity index (χ0) is 19.5. The summed E-state index contributed by atoms with van der Waals surface area (Å²) in [4.78, 5) is 9.13. The molecule has 0 unspecified atom stereocenters. The zero-order valence-electron chi connectivity index (χ0n) is 16.1. The number of nitrogens with one attached hydrogen (secondary N) is 1. The van der Waals surface area contributed by atoms with Gasteiger partial charge in [0.2, 0.25) is 5.95 Å². The molecule has 0 saturated carbocycles. The predicted octanol–water partition coefficient (Wildman–Crippen LogP) is 2.94. The third-order valence-corrected chi connectivity index (χ3v) is 4.92. The molecule has 7 heteroatoms. The average molecular weight is 373 g/mol. The van der Waals surface area contributed by atoms with Gasteiger partial charge in [-0.3, -0.25) is 0 Å². The highest BCUT2D eigenvalue weighted by Crippen LogP contribution is 2.25. The van der Waals surface area contributed by atoms with Gasteiger partial charge >= 0.3 is 0 Å². The van der Waals surface area contributed by atoms with E-state index < -0.39 is 0 Å². The van der Waals surface area contributed by atoms with E-state index in [0.29, 0.717) is 11.5 Å². The maximum atomic E-state index is 9.07. The molecule has 2 heterocycles. The summed E-state index contributed by atoms with van der Waals surface area (Å²) in [5.41, 5.74) is 4.79. The van der Waals surface area contributed by atoms with Gasteiger partial charge in [0.1, 0.15) is 6.33 Å². The Hall–Kier alpha value is -3.37. The van der Waals surface area contributed by atoms with Gasteiger partial charge < -0.3 is 15.1 Å². The Kier molecular flexibility index (Phi) is 4.96. The molecular weight excluding hydrogens is 350 g/mol. The molecule has 1 aliphatic rings. The lowest BCUT2D eigenvalue weighted by Gasteiger charge is -2.34. The number of benzene rings is 2. The van der Waals surface area contributed by atoms with Crippen molar-refractivity contribution in [3.05, 3.63) is 59.9 Å². The first kappa shape index (κ1) is 18.0. The molecule has 1 saturated heterocycles. The maximum absolute atomic E-state index is 9.07. The van der Waals surface area contributed by atoms with E-state index in [9.17, 15) is 0 Å². The monoisotopic (exact) mass is 373 g/mol. The SMILES string of the molecule is Cc1cc(Nc2ncn(-c3cccc(C#N)c3)n2)cc(N2CCN(C)CC2)c1. The Morgan fingerprint density at radius 1 is 1.04 bits per heavy atom. The fourth-order valence-electron chi connectivity index (χ4n) is 3.37. The van der Waals surface area contributed by atoms with Crippen molar-refractivity contribution >= 4 is 17.3 Å². The Bertz CT molecular complexity index is 1010. The number of nitriles is 1. The lowest BCUT2D eigenvalue weighted by Crippen LogP contribution is -2.44. The van der Waals surface area contributed by atoms with Gasteiger partial charge in [-0.2, -0.15) is 10.2 Å². The third-order valence-electron chi connectivity index (χ3n) is 4.92. The molecule has 0 radical (unpaired) electrons. The number of aromatic nitrogens is 3. The van der Waals surface area contributed by atoms with Crippen molar-refractivity contribution in [2.45, 2.75) is 6.92 Å². The summed E-state index contributed by atoms with van der Waals surface area (Å²) in [6.07, 6.45) is 1.65. The van der Waals surface area contributed by atoms with Crippen molar-refractivity contribution < 1.29 is 0 Å². The first-order chi connectivity index (χ1) is 13.6. The van der Waals surface area contributed by atoms with E-state index in [4.69, 9.17) is 5.26 Å². The van der Waals surface area contributed by atoms with Crippen LogP contribution in [0, 0.1) is 18.3 Å². The standard InChI is InChI=1S/C21H23N7/c1-16-10-18(13-20(11-16)27-8-6-26(2)7-9-27)24-21-23-15-28(25-21)19-5-3-4-17(12-19)14-22/h3-5,10-13,15H,6-9H2,1-2H3,(H,24,25). The molecule has 0 bridgehead atoms. The number of aryl methyl sites for hydroxylation is 1. The second kappa shape index (κ2) is 7.71. The van der Waals surface area contributed by atoms with Crippen molar-refractivity contribution in [1.82, 2.24) is 19.7 Å². The van der Waals surface area contributed by atoms with Crippen LogP contribution in [-0.4, -0.2) is 52.9 Å². The van der Waals surface area contributed by atoms with Crippen LogP contribution in [0.5, 0.6) is 0 Å². The number of nitrogens with zero attached hydrogens (tertiary/aromatic N) is 6. The zero-order valence-corrected chi connectivity index (χ0v) is 16.1. The molecule has 2 aromatic carbocycles. The summed E-state index contributed by atoms with van der Waals surface area (Å²) in [7, 11) is 2.16. The van der Waals surface area contributed by atoms with Crippen LogP contribution in [0.3, 0.4) is 0 Å². The molecule has 1 N–H and O–H groups in total. The van der Waals surface area contributed by atoms with Crippen LogP contribution in [-0.2, 0) is 0 Å². The van der Waals surface area contributed by atoms with Gasteiger partial charge in [-0.05, 0) is 55.9 Å². The van der Waals surface area contributed by atoms with E-state index in [1.807, 2.05) is 12.1 Å². The van der Waals surface area contributed by atoms with Crippen LogP contribution in [0.25, 0.3) is 5.69 Å². The number of piperazine rings is 1. The number of hydrogen-bond acceptors (Lipinski definition) is 6. The normalized spacial score (nSPS) is 14.7. The summed E-state index contributed by atoms with van der Waals surface area (Å²) < 4.78 is 1.67. The highest BCUT2D eigenvalue weighted by atomic mass is 15.4. The van der Waals surface area contributed by atoms with E-state index >= 15 is 0 Å². The van der Waals surface area contributed by atoms with Crippen molar-refractivity contribution in [2.75, 3.05) is 43.4 Å².